The lowest BCUT2D eigenvalue weighted by Gasteiger charge is -2.22. The van der Waals surface area contributed by atoms with Crippen LogP contribution in [0.15, 0.2) is 18.2 Å². The average Bonchev–Trinajstić information content (AvgIpc) is 2.41. The van der Waals surface area contributed by atoms with Crippen LogP contribution < -0.4 is 10.1 Å². The number of carbonyl (C=O) groups excluding carboxylic acids is 1. The topological polar surface area (TPSA) is 67.8 Å². The van der Waals surface area contributed by atoms with Crippen molar-refractivity contribution >= 4 is 6.09 Å². The second-order valence-corrected chi connectivity index (χ2v) is 6.37. The van der Waals surface area contributed by atoms with Crippen LogP contribution in [0, 0.1) is 5.82 Å². The van der Waals surface area contributed by atoms with E-state index >= 15 is 0 Å². The van der Waals surface area contributed by atoms with Crippen LogP contribution in [0.25, 0.3) is 0 Å². The van der Waals surface area contributed by atoms with Crippen molar-refractivity contribution < 1.29 is 23.8 Å². The SMILES string of the molecule is CC(CCc1c(F)cccc1OCCO)NC(=O)OC(C)(C)C. The van der Waals surface area contributed by atoms with E-state index in [0.29, 0.717) is 24.2 Å². The highest BCUT2D eigenvalue weighted by Crippen LogP contribution is 2.23. The summed E-state index contributed by atoms with van der Waals surface area (Å²) in [6.45, 7) is 7.19. The summed E-state index contributed by atoms with van der Waals surface area (Å²) in [7, 11) is 0. The summed E-state index contributed by atoms with van der Waals surface area (Å²) >= 11 is 0. The lowest BCUT2D eigenvalue weighted by molar-refractivity contribution is 0.0506. The zero-order valence-electron chi connectivity index (χ0n) is 14.2. The number of benzene rings is 1. The monoisotopic (exact) mass is 327 g/mol. The molecule has 6 heteroatoms. The van der Waals surface area contributed by atoms with Crippen LogP contribution in [-0.4, -0.2) is 36.1 Å². The van der Waals surface area contributed by atoms with Crippen molar-refractivity contribution in [1.82, 2.24) is 5.32 Å². The Morgan fingerprint density at radius 2 is 2.09 bits per heavy atom. The fourth-order valence-electron chi connectivity index (χ4n) is 2.01. The van der Waals surface area contributed by atoms with E-state index in [4.69, 9.17) is 14.6 Å². The van der Waals surface area contributed by atoms with Gasteiger partial charge in [0, 0.05) is 11.6 Å². The molecule has 1 aromatic rings. The van der Waals surface area contributed by atoms with E-state index < -0.39 is 11.7 Å². The number of aliphatic hydroxyl groups excluding tert-OH is 1. The van der Waals surface area contributed by atoms with Crippen molar-refractivity contribution in [2.75, 3.05) is 13.2 Å². The van der Waals surface area contributed by atoms with Crippen LogP contribution in [0.4, 0.5) is 9.18 Å². The van der Waals surface area contributed by atoms with Crippen LogP contribution >= 0.6 is 0 Å². The molecule has 1 aromatic carbocycles. The van der Waals surface area contributed by atoms with Crippen molar-refractivity contribution in [3.8, 4) is 5.75 Å². The third-order valence-electron chi connectivity index (χ3n) is 3.02. The maximum Gasteiger partial charge on any atom is 0.407 e. The predicted octanol–water partition coefficient (Wildman–Crippen LogP) is 3.04. The Kier molecular flexibility index (Phi) is 7.29. The van der Waals surface area contributed by atoms with Crippen molar-refractivity contribution in [2.45, 2.75) is 52.2 Å². The van der Waals surface area contributed by atoms with Crippen LogP contribution in [0.2, 0.25) is 0 Å². The van der Waals surface area contributed by atoms with Gasteiger partial charge in [0.1, 0.15) is 23.8 Å². The van der Waals surface area contributed by atoms with Crippen LogP contribution in [0.5, 0.6) is 5.75 Å². The fraction of sp³-hybridized carbons (Fsp3) is 0.588. The fourth-order valence-corrected chi connectivity index (χ4v) is 2.01. The quantitative estimate of drug-likeness (QED) is 0.808. The number of aliphatic hydroxyl groups is 1. The number of hydrogen-bond donors (Lipinski definition) is 2. The molecular formula is C17H26FNO4. The minimum Gasteiger partial charge on any atom is -0.491 e. The summed E-state index contributed by atoms with van der Waals surface area (Å²) in [6, 6.07) is 4.43. The van der Waals surface area contributed by atoms with Gasteiger partial charge in [-0.2, -0.15) is 0 Å². The molecule has 2 N–H and O–H groups in total. The van der Waals surface area contributed by atoms with E-state index in [-0.39, 0.29) is 25.1 Å². The zero-order chi connectivity index (χ0) is 17.5. The number of amides is 1. The summed E-state index contributed by atoms with van der Waals surface area (Å²) in [6.07, 6.45) is 0.454. The van der Waals surface area contributed by atoms with Gasteiger partial charge in [0.25, 0.3) is 0 Å². The summed E-state index contributed by atoms with van der Waals surface area (Å²) in [5, 5.41) is 11.5. The maximum absolute atomic E-state index is 14.0. The average molecular weight is 327 g/mol. The number of halogens is 1. The summed E-state index contributed by atoms with van der Waals surface area (Å²) in [4.78, 5) is 11.7. The first-order chi connectivity index (χ1) is 10.7. The first kappa shape index (κ1) is 19.2. The minimum atomic E-state index is -0.555. The van der Waals surface area contributed by atoms with Crippen molar-refractivity contribution in [2.24, 2.45) is 0 Å². The first-order valence-corrected chi connectivity index (χ1v) is 7.73. The molecule has 0 bridgehead atoms. The van der Waals surface area contributed by atoms with E-state index in [0.717, 1.165) is 0 Å². The highest BCUT2D eigenvalue weighted by molar-refractivity contribution is 5.68. The van der Waals surface area contributed by atoms with Gasteiger partial charge in [0.05, 0.1) is 6.61 Å². The third kappa shape index (κ3) is 7.32. The van der Waals surface area contributed by atoms with Crippen LogP contribution in [0.3, 0.4) is 0 Å². The van der Waals surface area contributed by atoms with Gasteiger partial charge >= 0.3 is 6.09 Å². The largest absolute Gasteiger partial charge is 0.491 e. The van der Waals surface area contributed by atoms with Gasteiger partial charge in [-0.15, -0.1) is 0 Å². The number of ether oxygens (including phenoxy) is 2. The Hall–Kier alpha value is -1.82. The van der Waals surface area contributed by atoms with Gasteiger partial charge in [-0.05, 0) is 52.7 Å². The number of rotatable bonds is 7. The number of alkyl carbamates (subject to hydrolysis) is 1. The van der Waals surface area contributed by atoms with Crippen LogP contribution in [0.1, 0.15) is 39.7 Å². The van der Waals surface area contributed by atoms with E-state index in [1.807, 2.05) is 6.92 Å². The summed E-state index contributed by atoms with van der Waals surface area (Å²) in [5.41, 5.74) is -0.112. The molecule has 0 fully saturated rings. The Morgan fingerprint density at radius 1 is 1.39 bits per heavy atom. The number of carbonyl (C=O) groups is 1. The molecule has 0 saturated carbocycles. The van der Waals surface area contributed by atoms with Crippen LogP contribution in [-0.2, 0) is 11.2 Å². The lowest BCUT2D eigenvalue weighted by atomic mass is 10.0. The van der Waals surface area contributed by atoms with Gasteiger partial charge in [-0.25, -0.2) is 9.18 Å². The Balaban J connectivity index is 2.58. The molecule has 0 heterocycles. The van der Waals surface area contributed by atoms with Crippen molar-refractivity contribution in [3.63, 3.8) is 0 Å². The molecule has 0 spiro atoms. The van der Waals surface area contributed by atoms with E-state index in [2.05, 4.69) is 5.32 Å². The third-order valence-corrected chi connectivity index (χ3v) is 3.02. The molecule has 0 aromatic heterocycles. The van der Waals surface area contributed by atoms with E-state index in [1.165, 1.54) is 6.07 Å². The Morgan fingerprint density at radius 3 is 2.70 bits per heavy atom. The van der Waals surface area contributed by atoms with E-state index in [9.17, 15) is 9.18 Å². The van der Waals surface area contributed by atoms with E-state index in [1.54, 1.807) is 32.9 Å². The molecule has 0 aliphatic carbocycles. The molecule has 0 saturated heterocycles. The Bertz CT molecular complexity index is 514. The molecule has 130 valence electrons. The molecule has 23 heavy (non-hydrogen) atoms. The van der Waals surface area contributed by atoms with Gasteiger partial charge in [0.2, 0.25) is 0 Å². The molecule has 1 atom stereocenters. The molecule has 1 unspecified atom stereocenters. The summed E-state index contributed by atoms with van der Waals surface area (Å²) in [5.74, 6) is 0.0634. The first-order valence-electron chi connectivity index (χ1n) is 7.73. The smallest absolute Gasteiger partial charge is 0.407 e. The Labute approximate surface area is 136 Å². The van der Waals surface area contributed by atoms with Gasteiger partial charge < -0.3 is 19.9 Å². The standard InChI is InChI=1S/C17H26FNO4/c1-12(19-16(21)23-17(2,3)4)8-9-13-14(18)6-5-7-15(13)22-11-10-20/h5-7,12,20H,8-11H2,1-4H3,(H,19,21). The van der Waals surface area contributed by atoms with Crippen molar-refractivity contribution in [3.05, 3.63) is 29.6 Å². The lowest BCUT2D eigenvalue weighted by Crippen LogP contribution is -2.37. The summed E-state index contributed by atoms with van der Waals surface area (Å²) < 4.78 is 24.5. The molecule has 5 nitrogen and oxygen atoms in total. The highest BCUT2D eigenvalue weighted by atomic mass is 19.1. The second kappa shape index (κ2) is 8.72. The highest BCUT2D eigenvalue weighted by Gasteiger charge is 2.18. The minimum absolute atomic E-state index is 0.113. The molecule has 1 rings (SSSR count). The predicted molar refractivity (Wildman–Crippen MR) is 86.1 cm³/mol. The maximum atomic E-state index is 14.0. The van der Waals surface area contributed by atoms with Gasteiger partial charge in [0.15, 0.2) is 0 Å². The van der Waals surface area contributed by atoms with Gasteiger partial charge in [-0.3, -0.25) is 0 Å². The molecule has 1 amide bonds. The second-order valence-electron chi connectivity index (χ2n) is 6.37. The molecule has 0 aliphatic heterocycles. The van der Waals surface area contributed by atoms with Crippen molar-refractivity contribution in [1.29, 1.82) is 0 Å². The molecular weight excluding hydrogens is 301 g/mol. The number of hydrogen-bond acceptors (Lipinski definition) is 4. The molecule has 0 aliphatic rings. The molecule has 0 radical (unpaired) electrons. The zero-order valence-corrected chi connectivity index (χ0v) is 14.2. The number of nitrogens with one attached hydrogen (secondary N) is 1. The normalized spacial score (nSPS) is 12.6. The van der Waals surface area contributed by atoms with Gasteiger partial charge in [-0.1, -0.05) is 6.07 Å².